The third-order valence-electron chi connectivity index (χ3n) is 4.24. The Kier molecular flexibility index (Phi) is 5.20. The minimum Gasteiger partial charge on any atom is -0.400 e. The van der Waals surface area contributed by atoms with Gasteiger partial charge in [-0.1, -0.05) is 6.08 Å². The lowest BCUT2D eigenvalue weighted by atomic mass is 9.78. The van der Waals surface area contributed by atoms with E-state index in [1.54, 1.807) is 12.3 Å². The molecule has 0 aromatic carbocycles. The molecule has 1 saturated heterocycles. The monoisotopic (exact) mass is 335 g/mol. The SMILES string of the molecule is CC1(C)OB(C(=Cc2cncc(C(=O)NN)c2)CS)OC1(C)C. The van der Waals surface area contributed by atoms with Gasteiger partial charge in [0.15, 0.2) is 0 Å². The average Bonchev–Trinajstić information content (AvgIpc) is 2.72. The van der Waals surface area contributed by atoms with Gasteiger partial charge in [0.1, 0.15) is 0 Å². The van der Waals surface area contributed by atoms with Gasteiger partial charge in [-0.2, -0.15) is 12.6 Å². The topological polar surface area (TPSA) is 86.5 Å². The number of carbonyl (C=O) groups excluding carboxylic acids is 1. The fraction of sp³-hybridized carbons (Fsp3) is 0.467. The molecule has 0 aliphatic carbocycles. The van der Waals surface area contributed by atoms with Gasteiger partial charge in [0.05, 0.1) is 16.8 Å². The minimum atomic E-state index is -0.482. The van der Waals surface area contributed by atoms with E-state index in [1.165, 1.54) is 6.20 Å². The molecule has 2 heterocycles. The first kappa shape index (κ1) is 18.0. The van der Waals surface area contributed by atoms with E-state index >= 15 is 0 Å². The first-order valence-electron chi connectivity index (χ1n) is 7.33. The summed E-state index contributed by atoms with van der Waals surface area (Å²) in [6.07, 6.45) is 4.98. The molecule has 0 atom stereocenters. The summed E-state index contributed by atoms with van der Waals surface area (Å²) in [5.41, 5.74) is 3.25. The Morgan fingerprint density at radius 3 is 2.48 bits per heavy atom. The van der Waals surface area contributed by atoms with Crippen LogP contribution < -0.4 is 11.3 Å². The number of thiol groups is 1. The predicted molar refractivity (Wildman–Crippen MR) is 93.8 cm³/mol. The number of carbonyl (C=O) groups is 1. The molecule has 1 aliphatic rings. The molecule has 23 heavy (non-hydrogen) atoms. The van der Waals surface area contributed by atoms with Crippen LogP contribution in [0.1, 0.15) is 43.6 Å². The molecule has 3 N–H and O–H groups in total. The van der Waals surface area contributed by atoms with Gasteiger partial charge in [-0.25, -0.2) is 5.84 Å². The van der Waals surface area contributed by atoms with Crippen molar-refractivity contribution in [2.24, 2.45) is 5.84 Å². The van der Waals surface area contributed by atoms with Gasteiger partial charge in [0.25, 0.3) is 5.91 Å². The summed E-state index contributed by atoms with van der Waals surface area (Å²) < 4.78 is 12.1. The molecule has 8 heteroatoms. The number of amides is 1. The minimum absolute atomic E-state index is 0.383. The molecule has 0 unspecified atom stereocenters. The highest BCUT2D eigenvalue weighted by Crippen LogP contribution is 2.38. The molecule has 1 aliphatic heterocycles. The van der Waals surface area contributed by atoms with Crippen molar-refractivity contribution >= 4 is 31.7 Å². The second kappa shape index (κ2) is 6.64. The van der Waals surface area contributed by atoms with Crippen molar-refractivity contribution in [2.45, 2.75) is 38.9 Å². The molecule has 1 amide bonds. The standard InChI is InChI=1S/C15H22BN3O3S/c1-14(2)15(3,4)22-16(21-14)12(9-23)6-10-5-11(8-18-7-10)13(20)19-17/h5-8,23H,9,17H2,1-4H3,(H,19,20). The highest BCUT2D eigenvalue weighted by atomic mass is 32.1. The highest BCUT2D eigenvalue weighted by molar-refractivity contribution is 7.80. The Balaban J connectivity index is 2.28. The van der Waals surface area contributed by atoms with E-state index in [0.29, 0.717) is 11.3 Å². The first-order valence-corrected chi connectivity index (χ1v) is 7.96. The number of nitrogen functional groups attached to an aromatic ring is 1. The number of aromatic nitrogens is 1. The number of hydrogen-bond acceptors (Lipinski definition) is 6. The van der Waals surface area contributed by atoms with E-state index < -0.39 is 24.2 Å². The highest BCUT2D eigenvalue weighted by Gasteiger charge is 2.52. The van der Waals surface area contributed by atoms with Gasteiger partial charge in [-0.15, -0.1) is 0 Å². The lowest BCUT2D eigenvalue weighted by Gasteiger charge is -2.32. The largest absolute Gasteiger partial charge is 0.491 e. The quantitative estimate of drug-likeness (QED) is 0.256. The number of nitrogens with zero attached hydrogens (tertiary/aromatic N) is 1. The van der Waals surface area contributed by atoms with Crippen molar-refractivity contribution in [2.75, 3.05) is 5.75 Å². The van der Waals surface area contributed by atoms with E-state index in [-0.39, 0.29) is 0 Å². The molecule has 0 bridgehead atoms. The van der Waals surface area contributed by atoms with Crippen LogP contribution in [0, 0.1) is 0 Å². The van der Waals surface area contributed by atoms with Gasteiger partial charge in [0.2, 0.25) is 0 Å². The van der Waals surface area contributed by atoms with E-state index in [2.05, 4.69) is 23.0 Å². The maximum Gasteiger partial charge on any atom is 0.491 e. The fourth-order valence-electron chi connectivity index (χ4n) is 2.14. The van der Waals surface area contributed by atoms with Crippen LogP contribution in [-0.2, 0) is 9.31 Å². The van der Waals surface area contributed by atoms with Crippen LogP contribution in [0.3, 0.4) is 0 Å². The number of hydrazine groups is 1. The average molecular weight is 335 g/mol. The van der Waals surface area contributed by atoms with Crippen LogP contribution >= 0.6 is 12.6 Å². The number of nitrogens with two attached hydrogens (primary N) is 1. The summed E-state index contributed by atoms with van der Waals surface area (Å²) in [5.74, 6) is 5.22. The van der Waals surface area contributed by atoms with Gasteiger partial charge in [-0.05, 0) is 44.8 Å². The van der Waals surface area contributed by atoms with Crippen LogP contribution in [0.25, 0.3) is 6.08 Å². The van der Waals surface area contributed by atoms with Crippen molar-refractivity contribution in [1.29, 1.82) is 0 Å². The molecule has 1 aromatic rings. The van der Waals surface area contributed by atoms with E-state index in [9.17, 15) is 4.79 Å². The molecule has 1 aromatic heterocycles. The Bertz CT molecular complexity index is 618. The molecular formula is C15H22BN3O3S. The third-order valence-corrected chi connectivity index (χ3v) is 4.61. The van der Waals surface area contributed by atoms with Gasteiger partial charge < -0.3 is 9.31 Å². The van der Waals surface area contributed by atoms with Crippen molar-refractivity contribution in [3.8, 4) is 0 Å². The Hall–Kier alpha value is -1.35. The van der Waals surface area contributed by atoms with Crippen molar-refractivity contribution in [3.63, 3.8) is 0 Å². The maximum atomic E-state index is 11.6. The second-order valence-corrected chi connectivity index (χ2v) is 6.76. The fourth-order valence-corrected chi connectivity index (χ4v) is 2.38. The maximum absolute atomic E-state index is 11.6. The summed E-state index contributed by atoms with van der Waals surface area (Å²) in [6.45, 7) is 7.99. The molecular weight excluding hydrogens is 313 g/mol. The Morgan fingerprint density at radius 1 is 1.35 bits per heavy atom. The third kappa shape index (κ3) is 3.77. The normalized spacial score (nSPS) is 19.7. The van der Waals surface area contributed by atoms with E-state index in [1.807, 2.05) is 33.8 Å². The number of hydrogen-bond donors (Lipinski definition) is 3. The lowest BCUT2D eigenvalue weighted by molar-refractivity contribution is 0.00578. The molecule has 0 spiro atoms. The van der Waals surface area contributed by atoms with Crippen molar-refractivity contribution in [3.05, 3.63) is 35.1 Å². The zero-order chi connectivity index (χ0) is 17.3. The Labute approximate surface area is 142 Å². The first-order chi connectivity index (χ1) is 10.7. The van der Waals surface area contributed by atoms with Crippen LogP contribution in [-0.4, -0.2) is 35.0 Å². The lowest BCUT2D eigenvalue weighted by Crippen LogP contribution is -2.41. The van der Waals surface area contributed by atoms with E-state index in [0.717, 1.165) is 11.0 Å². The summed E-state index contributed by atoms with van der Waals surface area (Å²) in [4.78, 5) is 15.6. The molecule has 6 nitrogen and oxygen atoms in total. The summed E-state index contributed by atoms with van der Waals surface area (Å²) in [7, 11) is -0.482. The summed E-state index contributed by atoms with van der Waals surface area (Å²) in [5, 5.41) is 0. The van der Waals surface area contributed by atoms with Crippen molar-refractivity contribution in [1.82, 2.24) is 10.4 Å². The van der Waals surface area contributed by atoms with Crippen LogP contribution in [0.5, 0.6) is 0 Å². The van der Waals surface area contributed by atoms with Crippen LogP contribution in [0.15, 0.2) is 23.9 Å². The molecule has 2 rings (SSSR count). The predicted octanol–water partition coefficient (Wildman–Crippen LogP) is 1.63. The number of pyridine rings is 1. The van der Waals surface area contributed by atoms with Crippen LogP contribution in [0.4, 0.5) is 0 Å². The number of nitrogens with one attached hydrogen (secondary N) is 1. The van der Waals surface area contributed by atoms with Gasteiger partial charge in [-0.3, -0.25) is 15.2 Å². The smallest absolute Gasteiger partial charge is 0.400 e. The second-order valence-electron chi connectivity index (χ2n) is 6.45. The van der Waals surface area contributed by atoms with Crippen molar-refractivity contribution < 1.29 is 14.1 Å². The van der Waals surface area contributed by atoms with Gasteiger partial charge >= 0.3 is 7.12 Å². The zero-order valence-electron chi connectivity index (χ0n) is 13.8. The molecule has 1 fully saturated rings. The summed E-state index contributed by atoms with van der Waals surface area (Å²) >= 11 is 4.37. The van der Waals surface area contributed by atoms with Gasteiger partial charge in [0, 0.05) is 18.1 Å². The number of rotatable bonds is 4. The summed E-state index contributed by atoms with van der Waals surface area (Å²) in [6, 6.07) is 1.70. The zero-order valence-corrected chi connectivity index (χ0v) is 14.7. The molecule has 0 radical (unpaired) electrons. The van der Waals surface area contributed by atoms with E-state index in [4.69, 9.17) is 15.2 Å². The Morgan fingerprint density at radius 2 is 1.96 bits per heavy atom. The molecule has 124 valence electrons. The van der Waals surface area contributed by atoms with Crippen LogP contribution in [0.2, 0.25) is 0 Å². The molecule has 0 saturated carbocycles.